The predicted molar refractivity (Wildman–Crippen MR) is 105 cm³/mol. The number of aromatic nitrogens is 1. The van der Waals surface area contributed by atoms with Gasteiger partial charge in [-0.3, -0.25) is 9.78 Å². The van der Waals surface area contributed by atoms with Gasteiger partial charge in [0.1, 0.15) is 5.58 Å². The van der Waals surface area contributed by atoms with Crippen molar-refractivity contribution in [2.45, 2.75) is 44.8 Å². The molecule has 27 heavy (non-hydrogen) atoms. The van der Waals surface area contributed by atoms with Crippen LogP contribution in [0.15, 0.2) is 53.3 Å². The number of carbonyl (C=O) groups excluding carboxylic acids is 1. The van der Waals surface area contributed by atoms with Crippen molar-refractivity contribution in [1.82, 2.24) is 10.3 Å². The van der Waals surface area contributed by atoms with Crippen LogP contribution in [-0.2, 0) is 4.74 Å². The summed E-state index contributed by atoms with van der Waals surface area (Å²) in [5.74, 6) is -0.0177. The second-order valence-electron chi connectivity index (χ2n) is 6.97. The van der Waals surface area contributed by atoms with Crippen LogP contribution in [0.5, 0.6) is 0 Å². The minimum Gasteiger partial charge on any atom is -0.464 e. The molecule has 1 amide bonds. The van der Waals surface area contributed by atoms with Crippen molar-refractivity contribution < 1.29 is 13.9 Å². The highest BCUT2D eigenvalue weighted by atomic mass is 16.5. The Morgan fingerprint density at radius 1 is 1.15 bits per heavy atom. The van der Waals surface area contributed by atoms with E-state index in [1.807, 2.05) is 43.3 Å². The second-order valence-corrected chi connectivity index (χ2v) is 6.97. The molecule has 1 aliphatic rings. The Morgan fingerprint density at radius 3 is 2.67 bits per heavy atom. The highest BCUT2D eigenvalue weighted by Crippen LogP contribution is 2.27. The fourth-order valence-electron chi connectivity index (χ4n) is 3.78. The second kappa shape index (κ2) is 7.92. The van der Waals surface area contributed by atoms with E-state index in [9.17, 15) is 4.79 Å². The molecule has 0 spiro atoms. The molecular weight excluding hydrogens is 340 g/mol. The van der Waals surface area contributed by atoms with Crippen molar-refractivity contribution in [3.8, 4) is 11.3 Å². The third-order valence-corrected chi connectivity index (χ3v) is 5.21. The molecule has 1 saturated carbocycles. The van der Waals surface area contributed by atoms with Gasteiger partial charge in [-0.15, -0.1) is 0 Å². The van der Waals surface area contributed by atoms with E-state index in [0.717, 1.165) is 54.5 Å². The Bertz CT molecular complexity index is 909. The molecule has 140 valence electrons. The molecule has 5 heteroatoms. The van der Waals surface area contributed by atoms with Crippen LogP contribution in [0.2, 0.25) is 0 Å². The van der Waals surface area contributed by atoms with E-state index in [4.69, 9.17) is 9.15 Å². The van der Waals surface area contributed by atoms with Crippen LogP contribution in [0.1, 0.15) is 43.0 Å². The lowest BCUT2D eigenvalue weighted by Crippen LogP contribution is -2.39. The number of nitrogens with one attached hydrogen (secondary N) is 1. The van der Waals surface area contributed by atoms with E-state index in [1.165, 1.54) is 0 Å². The summed E-state index contributed by atoms with van der Waals surface area (Å²) < 4.78 is 11.1. The van der Waals surface area contributed by atoms with Crippen LogP contribution in [-0.4, -0.2) is 29.6 Å². The van der Waals surface area contributed by atoms with E-state index in [2.05, 4.69) is 10.3 Å². The number of hydrogen-bond acceptors (Lipinski definition) is 4. The van der Waals surface area contributed by atoms with Crippen LogP contribution in [0.4, 0.5) is 0 Å². The maximum atomic E-state index is 12.6. The molecule has 0 radical (unpaired) electrons. The summed E-state index contributed by atoms with van der Waals surface area (Å²) in [7, 11) is 0. The largest absolute Gasteiger partial charge is 0.464 e. The summed E-state index contributed by atoms with van der Waals surface area (Å²) in [6, 6.07) is 11.6. The van der Waals surface area contributed by atoms with Gasteiger partial charge in [-0.25, -0.2) is 0 Å². The van der Waals surface area contributed by atoms with Crippen molar-refractivity contribution in [3.05, 3.63) is 54.4 Å². The van der Waals surface area contributed by atoms with Gasteiger partial charge in [0.25, 0.3) is 5.91 Å². The van der Waals surface area contributed by atoms with Crippen LogP contribution in [0.3, 0.4) is 0 Å². The van der Waals surface area contributed by atoms with Crippen molar-refractivity contribution >= 4 is 16.9 Å². The molecule has 4 rings (SSSR count). The number of benzene rings is 1. The van der Waals surface area contributed by atoms with Crippen molar-refractivity contribution in [3.63, 3.8) is 0 Å². The van der Waals surface area contributed by atoms with E-state index in [0.29, 0.717) is 11.7 Å². The van der Waals surface area contributed by atoms with E-state index in [-0.39, 0.29) is 11.9 Å². The standard InChI is InChI=1S/C22H24N2O3/c1-2-26-18-9-7-17(8-10-18)24-22(25)16-5-3-15(4-6-16)21-19-12-14-27-20(19)11-13-23-21/h3-6,11-14,17-18H,2,7-10H2,1H3,(H,24,25). The number of rotatable bonds is 5. The van der Waals surface area contributed by atoms with E-state index < -0.39 is 0 Å². The number of carbonyl (C=O) groups is 1. The highest BCUT2D eigenvalue weighted by molar-refractivity contribution is 5.96. The van der Waals surface area contributed by atoms with Gasteiger partial charge in [0.15, 0.2) is 0 Å². The molecule has 0 bridgehead atoms. The molecule has 0 saturated heterocycles. The van der Waals surface area contributed by atoms with Crippen LogP contribution < -0.4 is 5.32 Å². The molecule has 5 nitrogen and oxygen atoms in total. The zero-order valence-electron chi connectivity index (χ0n) is 15.5. The van der Waals surface area contributed by atoms with Gasteiger partial charge in [-0.05, 0) is 56.9 Å². The first-order valence-electron chi connectivity index (χ1n) is 9.59. The van der Waals surface area contributed by atoms with Gasteiger partial charge in [0.2, 0.25) is 0 Å². The maximum absolute atomic E-state index is 12.6. The van der Waals surface area contributed by atoms with Gasteiger partial charge in [0.05, 0.1) is 18.1 Å². The molecule has 0 unspecified atom stereocenters. The van der Waals surface area contributed by atoms with Crippen LogP contribution in [0.25, 0.3) is 22.2 Å². The topological polar surface area (TPSA) is 64.4 Å². The predicted octanol–water partition coefficient (Wildman–Crippen LogP) is 4.57. The van der Waals surface area contributed by atoms with Crippen LogP contribution in [0, 0.1) is 0 Å². The first kappa shape index (κ1) is 17.7. The van der Waals surface area contributed by atoms with Crippen molar-refractivity contribution in [2.24, 2.45) is 0 Å². The Kier molecular flexibility index (Phi) is 5.21. The maximum Gasteiger partial charge on any atom is 0.251 e. The Morgan fingerprint density at radius 2 is 1.93 bits per heavy atom. The molecule has 1 N–H and O–H groups in total. The Hall–Kier alpha value is -2.66. The fourth-order valence-corrected chi connectivity index (χ4v) is 3.78. The van der Waals surface area contributed by atoms with Gasteiger partial charge >= 0.3 is 0 Å². The monoisotopic (exact) mass is 364 g/mol. The summed E-state index contributed by atoms with van der Waals surface area (Å²) >= 11 is 0. The molecule has 2 aromatic heterocycles. The molecule has 1 aromatic carbocycles. The minimum absolute atomic E-state index is 0.0177. The molecule has 1 fully saturated rings. The summed E-state index contributed by atoms with van der Waals surface area (Å²) in [6.07, 6.45) is 7.72. The first-order chi connectivity index (χ1) is 13.2. The zero-order valence-corrected chi connectivity index (χ0v) is 15.5. The number of pyridine rings is 1. The van der Waals surface area contributed by atoms with Crippen molar-refractivity contribution in [2.75, 3.05) is 6.61 Å². The minimum atomic E-state index is -0.0177. The smallest absolute Gasteiger partial charge is 0.251 e. The van der Waals surface area contributed by atoms with E-state index in [1.54, 1.807) is 12.5 Å². The lowest BCUT2D eigenvalue weighted by Gasteiger charge is -2.28. The quantitative estimate of drug-likeness (QED) is 0.720. The van der Waals surface area contributed by atoms with Gasteiger partial charge < -0.3 is 14.5 Å². The van der Waals surface area contributed by atoms with Gasteiger partial charge in [-0.2, -0.15) is 0 Å². The van der Waals surface area contributed by atoms with E-state index >= 15 is 0 Å². The molecule has 0 atom stereocenters. The zero-order chi connectivity index (χ0) is 18.6. The molecule has 3 aromatic rings. The fraction of sp³-hybridized carbons (Fsp3) is 0.364. The van der Waals surface area contributed by atoms with Gasteiger partial charge in [-0.1, -0.05) is 12.1 Å². The Labute approximate surface area is 158 Å². The number of ether oxygens (including phenoxy) is 1. The molecule has 2 heterocycles. The van der Waals surface area contributed by atoms with Gasteiger partial charge in [0, 0.05) is 35.4 Å². The lowest BCUT2D eigenvalue weighted by molar-refractivity contribution is 0.0300. The Balaban J connectivity index is 1.42. The summed E-state index contributed by atoms with van der Waals surface area (Å²) in [4.78, 5) is 17.0. The SMILES string of the molecule is CCOC1CCC(NC(=O)c2ccc(-c3nccc4occc34)cc2)CC1. The van der Waals surface area contributed by atoms with Crippen LogP contribution >= 0.6 is 0 Å². The summed E-state index contributed by atoms with van der Waals surface area (Å²) in [5.41, 5.74) is 3.31. The average molecular weight is 364 g/mol. The third-order valence-electron chi connectivity index (χ3n) is 5.21. The lowest BCUT2D eigenvalue weighted by atomic mass is 9.92. The number of fused-ring (bicyclic) bond motifs is 1. The number of nitrogens with zero attached hydrogens (tertiary/aromatic N) is 1. The highest BCUT2D eigenvalue weighted by Gasteiger charge is 2.23. The number of furan rings is 1. The number of amides is 1. The summed E-state index contributed by atoms with van der Waals surface area (Å²) in [6.45, 7) is 2.79. The normalized spacial score (nSPS) is 19.9. The third kappa shape index (κ3) is 3.88. The molecule has 1 aliphatic carbocycles. The molecule has 0 aliphatic heterocycles. The van der Waals surface area contributed by atoms with Crippen molar-refractivity contribution in [1.29, 1.82) is 0 Å². The average Bonchev–Trinajstić information content (AvgIpc) is 3.19. The number of hydrogen-bond donors (Lipinski definition) is 1. The molecular formula is C22H24N2O3. The first-order valence-corrected chi connectivity index (χ1v) is 9.59. The summed E-state index contributed by atoms with van der Waals surface area (Å²) in [5, 5.41) is 4.13.